The molecule has 1 amide bonds. The second-order valence-corrected chi connectivity index (χ2v) is 9.63. The summed E-state index contributed by atoms with van der Waals surface area (Å²) in [4.78, 5) is 15.3. The molecule has 1 heterocycles. The summed E-state index contributed by atoms with van der Waals surface area (Å²) in [6.45, 7) is 2.65. The van der Waals surface area contributed by atoms with E-state index >= 15 is 0 Å². The molecule has 4 nitrogen and oxygen atoms in total. The first-order valence-electron chi connectivity index (χ1n) is 12.0. The van der Waals surface area contributed by atoms with Gasteiger partial charge in [0.25, 0.3) is 0 Å². The van der Waals surface area contributed by atoms with Gasteiger partial charge in [0.05, 0.1) is 23.6 Å². The zero-order valence-electron chi connectivity index (χ0n) is 19.3. The molecular weight excluding hydrogens is 439 g/mol. The zero-order valence-corrected chi connectivity index (χ0v) is 19.3. The predicted octanol–water partition coefficient (Wildman–Crippen LogP) is 5.39. The first kappa shape index (κ1) is 24.3. The summed E-state index contributed by atoms with van der Waals surface area (Å²) in [7, 11) is 0. The first-order chi connectivity index (χ1) is 16.3. The number of hydrogen-bond donors (Lipinski definition) is 1. The number of alkyl halides is 3. The maximum Gasteiger partial charge on any atom is 0.416 e. The topological polar surface area (TPSA) is 56.1 Å². The van der Waals surface area contributed by atoms with Crippen LogP contribution in [0.3, 0.4) is 0 Å². The van der Waals surface area contributed by atoms with Crippen molar-refractivity contribution in [2.24, 2.45) is 0 Å². The number of halogens is 3. The minimum Gasteiger partial charge on any atom is -0.350 e. The van der Waals surface area contributed by atoms with Gasteiger partial charge in [0.2, 0.25) is 5.91 Å². The molecule has 1 aliphatic heterocycles. The number of benzene rings is 2. The number of fused-ring (bicyclic) bond motifs is 1. The standard InChI is InChI=1S/C27H30F3N3O/c28-27(29,30)24-8-5-20(6-9-24)17-25(34)32-26(11-2-1-3-12-26)13-15-33-14-10-22-16-21(18-31)4-7-23(22)19-33/h4-9,16H,1-3,10-15,17,19H2,(H,32,34). The minimum absolute atomic E-state index is 0.0816. The molecule has 7 heteroatoms. The van der Waals surface area contributed by atoms with Crippen LogP contribution in [0.1, 0.15) is 66.3 Å². The lowest BCUT2D eigenvalue weighted by atomic mass is 9.78. The van der Waals surface area contributed by atoms with Crippen LogP contribution in [0.5, 0.6) is 0 Å². The molecule has 2 aromatic carbocycles. The van der Waals surface area contributed by atoms with Gasteiger partial charge in [0.15, 0.2) is 0 Å². The van der Waals surface area contributed by atoms with Crippen molar-refractivity contribution in [3.8, 4) is 6.07 Å². The van der Waals surface area contributed by atoms with Gasteiger partial charge in [-0.15, -0.1) is 0 Å². The molecule has 180 valence electrons. The van der Waals surface area contributed by atoms with Crippen LogP contribution < -0.4 is 5.32 Å². The van der Waals surface area contributed by atoms with E-state index in [1.165, 1.54) is 23.3 Å². The Kier molecular flexibility index (Phi) is 7.27. The molecule has 0 aromatic heterocycles. The van der Waals surface area contributed by atoms with Crippen LogP contribution in [0.25, 0.3) is 0 Å². The fourth-order valence-corrected chi connectivity index (χ4v) is 5.25. The van der Waals surface area contributed by atoms with Gasteiger partial charge in [-0.2, -0.15) is 18.4 Å². The minimum atomic E-state index is -4.38. The molecule has 0 radical (unpaired) electrons. The molecule has 2 aromatic rings. The SMILES string of the molecule is N#Cc1ccc2c(c1)CCN(CCC1(NC(=O)Cc3ccc(C(F)(F)F)cc3)CCCCC1)C2. The van der Waals surface area contributed by atoms with Crippen molar-refractivity contribution < 1.29 is 18.0 Å². The third-order valence-electron chi connectivity index (χ3n) is 7.19. The second kappa shape index (κ2) is 10.2. The molecule has 1 aliphatic carbocycles. The van der Waals surface area contributed by atoms with Crippen molar-refractivity contribution in [1.29, 1.82) is 5.26 Å². The Morgan fingerprint density at radius 2 is 1.79 bits per heavy atom. The molecule has 2 aliphatic rings. The van der Waals surface area contributed by atoms with E-state index in [4.69, 9.17) is 5.26 Å². The molecule has 0 bridgehead atoms. The molecule has 0 unspecified atom stereocenters. The Bertz CT molecular complexity index is 1050. The van der Waals surface area contributed by atoms with E-state index < -0.39 is 11.7 Å². The van der Waals surface area contributed by atoms with Crippen molar-refractivity contribution in [3.05, 3.63) is 70.3 Å². The number of nitrogens with zero attached hydrogens (tertiary/aromatic N) is 2. The molecule has 1 saturated carbocycles. The Labute approximate surface area is 198 Å². The number of carbonyl (C=O) groups excluding carboxylic acids is 1. The van der Waals surface area contributed by atoms with Crippen molar-refractivity contribution in [2.45, 2.75) is 69.6 Å². The first-order valence-corrected chi connectivity index (χ1v) is 12.0. The summed E-state index contributed by atoms with van der Waals surface area (Å²) in [5, 5.41) is 12.4. The van der Waals surface area contributed by atoms with E-state index in [1.54, 1.807) is 0 Å². The van der Waals surface area contributed by atoms with Gasteiger partial charge in [-0.1, -0.05) is 37.5 Å². The lowest BCUT2D eigenvalue weighted by Gasteiger charge is -2.40. The van der Waals surface area contributed by atoms with E-state index in [9.17, 15) is 18.0 Å². The van der Waals surface area contributed by atoms with Gasteiger partial charge < -0.3 is 5.32 Å². The maximum atomic E-state index is 12.9. The Balaban J connectivity index is 1.36. The molecule has 4 rings (SSSR count). The number of rotatable bonds is 6. The Morgan fingerprint density at radius 1 is 1.06 bits per heavy atom. The third-order valence-corrected chi connectivity index (χ3v) is 7.19. The summed E-state index contributed by atoms with van der Waals surface area (Å²) in [6.07, 6.45) is 2.65. The lowest BCUT2D eigenvalue weighted by molar-refractivity contribution is -0.137. The maximum absolute atomic E-state index is 12.9. The fourth-order valence-electron chi connectivity index (χ4n) is 5.25. The number of nitriles is 1. The van der Waals surface area contributed by atoms with Crippen LogP contribution in [-0.2, 0) is 30.4 Å². The molecule has 1 N–H and O–H groups in total. The van der Waals surface area contributed by atoms with Crippen LogP contribution >= 0.6 is 0 Å². The van der Waals surface area contributed by atoms with Gasteiger partial charge in [0, 0.05) is 25.2 Å². The van der Waals surface area contributed by atoms with Gasteiger partial charge in [0.1, 0.15) is 0 Å². The highest BCUT2D eigenvalue weighted by Crippen LogP contribution is 2.33. The molecular formula is C27H30F3N3O. The zero-order chi connectivity index (χ0) is 24.2. The lowest BCUT2D eigenvalue weighted by Crippen LogP contribution is -2.52. The van der Waals surface area contributed by atoms with E-state index in [-0.39, 0.29) is 17.9 Å². The van der Waals surface area contributed by atoms with Crippen LogP contribution in [0, 0.1) is 11.3 Å². The average Bonchev–Trinajstić information content (AvgIpc) is 2.82. The molecule has 0 saturated heterocycles. The summed E-state index contributed by atoms with van der Waals surface area (Å²) < 4.78 is 38.4. The van der Waals surface area contributed by atoms with Crippen molar-refractivity contribution in [3.63, 3.8) is 0 Å². The van der Waals surface area contributed by atoms with Crippen LogP contribution in [0.15, 0.2) is 42.5 Å². The third kappa shape index (κ3) is 5.98. The summed E-state index contributed by atoms with van der Waals surface area (Å²) >= 11 is 0. The molecule has 0 spiro atoms. The highest BCUT2D eigenvalue weighted by atomic mass is 19.4. The summed E-state index contributed by atoms with van der Waals surface area (Å²) in [6, 6.07) is 12.9. The Hall–Kier alpha value is -2.85. The van der Waals surface area contributed by atoms with Gasteiger partial charge in [-0.3, -0.25) is 9.69 Å². The second-order valence-electron chi connectivity index (χ2n) is 9.63. The van der Waals surface area contributed by atoms with E-state index in [0.29, 0.717) is 11.1 Å². The van der Waals surface area contributed by atoms with Crippen LogP contribution in [0.2, 0.25) is 0 Å². The van der Waals surface area contributed by atoms with Crippen molar-refractivity contribution in [2.75, 3.05) is 13.1 Å². The van der Waals surface area contributed by atoms with E-state index in [0.717, 1.165) is 76.7 Å². The van der Waals surface area contributed by atoms with Crippen LogP contribution in [0.4, 0.5) is 13.2 Å². The van der Waals surface area contributed by atoms with Crippen molar-refractivity contribution in [1.82, 2.24) is 10.2 Å². The van der Waals surface area contributed by atoms with Gasteiger partial charge in [-0.05, 0) is 66.6 Å². The number of nitrogens with one attached hydrogen (secondary N) is 1. The van der Waals surface area contributed by atoms with E-state index in [1.807, 2.05) is 18.2 Å². The summed E-state index contributed by atoms with van der Waals surface area (Å²) in [5.74, 6) is -0.130. The fraction of sp³-hybridized carbons (Fsp3) is 0.481. The van der Waals surface area contributed by atoms with Gasteiger partial charge >= 0.3 is 6.18 Å². The highest BCUT2D eigenvalue weighted by Gasteiger charge is 2.34. The van der Waals surface area contributed by atoms with Crippen LogP contribution in [-0.4, -0.2) is 29.4 Å². The number of hydrogen-bond acceptors (Lipinski definition) is 3. The van der Waals surface area contributed by atoms with E-state index in [2.05, 4.69) is 16.3 Å². The number of carbonyl (C=O) groups is 1. The largest absolute Gasteiger partial charge is 0.416 e. The normalized spacial score (nSPS) is 18.1. The molecule has 1 fully saturated rings. The predicted molar refractivity (Wildman–Crippen MR) is 124 cm³/mol. The molecule has 34 heavy (non-hydrogen) atoms. The average molecular weight is 470 g/mol. The smallest absolute Gasteiger partial charge is 0.350 e. The highest BCUT2D eigenvalue weighted by molar-refractivity contribution is 5.79. The quantitative estimate of drug-likeness (QED) is 0.617. The summed E-state index contributed by atoms with van der Waals surface area (Å²) in [5.41, 5.74) is 2.82. The Morgan fingerprint density at radius 3 is 2.47 bits per heavy atom. The van der Waals surface area contributed by atoms with Gasteiger partial charge in [-0.25, -0.2) is 0 Å². The molecule has 0 atom stereocenters. The monoisotopic (exact) mass is 469 g/mol. The number of amides is 1. The van der Waals surface area contributed by atoms with Crippen molar-refractivity contribution >= 4 is 5.91 Å².